The van der Waals surface area contributed by atoms with E-state index in [2.05, 4.69) is 19.7 Å². The Morgan fingerprint density at radius 3 is 2.82 bits per heavy atom. The van der Waals surface area contributed by atoms with E-state index in [1.165, 1.54) is 12.5 Å². The first-order valence-electron chi connectivity index (χ1n) is 2.94. The summed E-state index contributed by atoms with van der Waals surface area (Å²) in [6, 6.07) is 0. The Morgan fingerprint density at radius 1 is 1.36 bits per heavy atom. The van der Waals surface area contributed by atoms with Gasteiger partial charge in [-0.25, -0.2) is 4.99 Å². The molecule has 1 aliphatic rings. The van der Waals surface area contributed by atoms with E-state index < -0.39 is 0 Å². The molecular weight excluding hydrogens is 146 g/mol. The molecule has 0 saturated carbocycles. The van der Waals surface area contributed by atoms with Crippen molar-refractivity contribution in [2.24, 2.45) is 4.99 Å². The Hall–Kier alpha value is -1.78. The van der Waals surface area contributed by atoms with Crippen LogP contribution in [0.25, 0.3) is 0 Å². The van der Waals surface area contributed by atoms with Crippen molar-refractivity contribution in [1.82, 2.24) is 10.1 Å². The van der Waals surface area contributed by atoms with Crippen LogP contribution in [0.2, 0.25) is 0 Å². The van der Waals surface area contributed by atoms with Crippen molar-refractivity contribution in [3.05, 3.63) is 24.4 Å². The number of nitrogens with zero attached hydrogens (tertiary/aromatic N) is 3. The summed E-state index contributed by atoms with van der Waals surface area (Å²) in [5.74, 6) is 0.0527. The minimum Gasteiger partial charge on any atom is -0.342 e. The van der Waals surface area contributed by atoms with E-state index in [-0.39, 0.29) is 5.91 Å². The Labute approximate surface area is 61.4 Å². The zero-order valence-electron chi connectivity index (χ0n) is 5.39. The number of hydrogen-bond acceptors (Lipinski definition) is 4. The van der Waals surface area contributed by atoms with E-state index in [0.29, 0.717) is 11.5 Å². The lowest BCUT2D eigenvalue weighted by Gasteiger charge is -1.82. The first kappa shape index (κ1) is 5.96. The Balaban J connectivity index is 2.40. The third kappa shape index (κ3) is 0.958. The summed E-state index contributed by atoms with van der Waals surface area (Å²) < 4.78 is 4.48. The molecule has 0 radical (unpaired) electrons. The molecule has 0 N–H and O–H groups in total. The van der Waals surface area contributed by atoms with Crippen LogP contribution in [-0.4, -0.2) is 21.8 Å². The Kier molecular flexibility index (Phi) is 1.15. The molecule has 0 aliphatic carbocycles. The molecular formula is C6H3N3O2. The Morgan fingerprint density at radius 2 is 2.27 bits per heavy atom. The van der Waals surface area contributed by atoms with Crippen molar-refractivity contribution in [3.8, 4) is 0 Å². The summed E-state index contributed by atoms with van der Waals surface area (Å²) in [6.07, 6.45) is 4.09. The number of carbonyl (C=O) groups excluding carboxylic acids is 1. The largest absolute Gasteiger partial charge is 0.342 e. The number of hydrogen-bond donors (Lipinski definition) is 0. The van der Waals surface area contributed by atoms with E-state index >= 15 is 0 Å². The van der Waals surface area contributed by atoms with Crippen molar-refractivity contribution in [3.63, 3.8) is 0 Å². The average molecular weight is 149 g/mol. The number of aromatic nitrogens is 2. The molecule has 1 aliphatic heterocycles. The van der Waals surface area contributed by atoms with E-state index in [1.54, 1.807) is 6.08 Å². The van der Waals surface area contributed by atoms with Crippen molar-refractivity contribution in [2.75, 3.05) is 0 Å². The summed E-state index contributed by atoms with van der Waals surface area (Å²) >= 11 is 0. The SMILES string of the molecule is O=C1C=CC(c2ncon2)=N1. The van der Waals surface area contributed by atoms with Gasteiger partial charge in [-0.05, 0) is 6.08 Å². The van der Waals surface area contributed by atoms with E-state index in [9.17, 15) is 4.79 Å². The van der Waals surface area contributed by atoms with Crippen LogP contribution in [0, 0.1) is 0 Å². The first-order valence-corrected chi connectivity index (χ1v) is 2.94. The van der Waals surface area contributed by atoms with E-state index in [1.807, 2.05) is 0 Å². The summed E-state index contributed by atoms with van der Waals surface area (Å²) in [7, 11) is 0. The van der Waals surface area contributed by atoms with Gasteiger partial charge in [0.05, 0.1) is 0 Å². The molecule has 1 aromatic heterocycles. The maximum absolute atomic E-state index is 10.6. The molecule has 1 amide bonds. The highest BCUT2D eigenvalue weighted by atomic mass is 16.5. The normalized spacial score (nSPS) is 15.6. The predicted molar refractivity (Wildman–Crippen MR) is 35.0 cm³/mol. The Bertz CT molecular complexity index is 337. The molecule has 0 aromatic carbocycles. The van der Waals surface area contributed by atoms with Gasteiger partial charge in [0.2, 0.25) is 12.2 Å². The van der Waals surface area contributed by atoms with Crippen molar-refractivity contribution in [2.45, 2.75) is 0 Å². The van der Waals surface area contributed by atoms with Gasteiger partial charge < -0.3 is 4.52 Å². The quantitative estimate of drug-likeness (QED) is 0.561. The van der Waals surface area contributed by atoms with Gasteiger partial charge in [-0.3, -0.25) is 4.79 Å². The highest BCUT2D eigenvalue weighted by Gasteiger charge is 2.11. The van der Waals surface area contributed by atoms with E-state index in [4.69, 9.17) is 0 Å². The number of allylic oxidation sites excluding steroid dienone is 1. The second-order valence-electron chi connectivity index (χ2n) is 1.92. The fourth-order valence-electron chi connectivity index (χ4n) is 0.751. The first-order chi connectivity index (χ1) is 5.36. The third-order valence-corrected chi connectivity index (χ3v) is 1.20. The third-order valence-electron chi connectivity index (χ3n) is 1.20. The maximum atomic E-state index is 10.6. The number of aliphatic imine (C=N–C) groups is 1. The van der Waals surface area contributed by atoms with Crippen LogP contribution in [-0.2, 0) is 4.79 Å². The molecule has 5 nitrogen and oxygen atoms in total. The zero-order valence-corrected chi connectivity index (χ0v) is 5.39. The second kappa shape index (κ2) is 2.12. The summed E-state index contributed by atoms with van der Waals surface area (Å²) in [5, 5.41) is 3.51. The van der Waals surface area contributed by atoms with Crippen LogP contribution in [0.15, 0.2) is 28.1 Å². The van der Waals surface area contributed by atoms with Crippen LogP contribution in [0.5, 0.6) is 0 Å². The van der Waals surface area contributed by atoms with E-state index in [0.717, 1.165) is 0 Å². The van der Waals surface area contributed by atoms with Gasteiger partial charge in [0.1, 0.15) is 5.71 Å². The minimum absolute atomic E-state index is 0.287. The molecule has 1 aromatic rings. The van der Waals surface area contributed by atoms with Gasteiger partial charge >= 0.3 is 0 Å². The molecule has 0 saturated heterocycles. The molecule has 2 heterocycles. The van der Waals surface area contributed by atoms with Gasteiger partial charge in [0, 0.05) is 6.08 Å². The summed E-state index contributed by atoms with van der Waals surface area (Å²) in [4.78, 5) is 17.9. The zero-order chi connectivity index (χ0) is 7.68. The van der Waals surface area contributed by atoms with Crippen LogP contribution in [0.3, 0.4) is 0 Å². The van der Waals surface area contributed by atoms with Gasteiger partial charge in [-0.2, -0.15) is 4.98 Å². The van der Waals surface area contributed by atoms with Crippen molar-refractivity contribution >= 4 is 11.6 Å². The summed E-state index contributed by atoms with van der Waals surface area (Å²) in [6.45, 7) is 0. The maximum Gasteiger partial charge on any atom is 0.270 e. The molecule has 0 atom stereocenters. The minimum atomic E-state index is -0.287. The van der Waals surface area contributed by atoms with Crippen LogP contribution < -0.4 is 0 Å². The molecule has 0 spiro atoms. The predicted octanol–water partition coefficient (Wildman–Crippen LogP) is -0.0449. The van der Waals surface area contributed by atoms with Gasteiger partial charge in [-0.15, -0.1) is 0 Å². The fraction of sp³-hybridized carbons (Fsp3) is 0. The second-order valence-corrected chi connectivity index (χ2v) is 1.92. The van der Waals surface area contributed by atoms with Crippen molar-refractivity contribution in [1.29, 1.82) is 0 Å². The number of carbonyl (C=O) groups is 1. The fourth-order valence-corrected chi connectivity index (χ4v) is 0.751. The van der Waals surface area contributed by atoms with Crippen LogP contribution in [0.1, 0.15) is 5.82 Å². The molecule has 5 heteroatoms. The molecule has 0 unspecified atom stereocenters. The molecule has 2 rings (SSSR count). The smallest absolute Gasteiger partial charge is 0.270 e. The lowest BCUT2D eigenvalue weighted by Crippen LogP contribution is -1.96. The summed E-state index contributed by atoms with van der Waals surface area (Å²) in [5.41, 5.74) is 0.448. The highest BCUT2D eigenvalue weighted by Crippen LogP contribution is 2.01. The van der Waals surface area contributed by atoms with Crippen LogP contribution >= 0.6 is 0 Å². The van der Waals surface area contributed by atoms with Crippen molar-refractivity contribution < 1.29 is 9.32 Å². The molecule has 54 valence electrons. The highest BCUT2D eigenvalue weighted by molar-refractivity contribution is 6.18. The molecule has 0 fully saturated rings. The topological polar surface area (TPSA) is 68.3 Å². The molecule has 11 heavy (non-hydrogen) atoms. The van der Waals surface area contributed by atoms with Gasteiger partial charge in [0.25, 0.3) is 5.91 Å². The monoisotopic (exact) mass is 149 g/mol. The number of rotatable bonds is 1. The molecule has 0 bridgehead atoms. The van der Waals surface area contributed by atoms with Crippen LogP contribution in [0.4, 0.5) is 0 Å². The van der Waals surface area contributed by atoms with Gasteiger partial charge in [0.15, 0.2) is 0 Å². The average Bonchev–Trinajstić information content (AvgIpc) is 2.55. The number of amides is 1. The van der Waals surface area contributed by atoms with Gasteiger partial charge in [-0.1, -0.05) is 5.16 Å². The lowest BCUT2D eigenvalue weighted by molar-refractivity contribution is -0.113. The lowest BCUT2D eigenvalue weighted by atomic mass is 10.3. The standard InChI is InChI=1S/C6H3N3O2/c10-5-2-1-4(8-5)6-7-3-11-9-6/h1-3H.